The largest absolute Gasteiger partial charge is 0.381 e. The molecule has 0 N–H and O–H groups in total. The van der Waals surface area contributed by atoms with Crippen LogP contribution in [-0.2, 0) is 10.2 Å². The molecule has 0 radical (unpaired) electrons. The van der Waals surface area contributed by atoms with Crippen molar-refractivity contribution in [1.29, 1.82) is 0 Å². The maximum absolute atomic E-state index is 5.95. The SMILES string of the molecule is Clc1ccc(C2(c3nc(C4CCOC4)no3)CC2)cc1. The summed E-state index contributed by atoms with van der Waals surface area (Å²) in [5.74, 6) is 1.81. The third kappa shape index (κ3) is 1.95. The molecule has 5 heteroatoms. The molecule has 2 aliphatic rings. The van der Waals surface area contributed by atoms with Crippen molar-refractivity contribution in [2.75, 3.05) is 13.2 Å². The highest BCUT2D eigenvalue weighted by atomic mass is 35.5. The molecule has 4 rings (SSSR count). The predicted octanol–water partition coefficient (Wildman–Crippen LogP) is 3.31. The lowest BCUT2D eigenvalue weighted by Gasteiger charge is -2.10. The molecule has 2 fully saturated rings. The Morgan fingerprint density at radius 2 is 2.00 bits per heavy atom. The number of aromatic nitrogens is 2. The van der Waals surface area contributed by atoms with Gasteiger partial charge in [-0.3, -0.25) is 0 Å². The van der Waals surface area contributed by atoms with Crippen molar-refractivity contribution < 1.29 is 9.26 Å². The number of hydrogen-bond acceptors (Lipinski definition) is 4. The van der Waals surface area contributed by atoms with Crippen LogP contribution in [-0.4, -0.2) is 23.4 Å². The van der Waals surface area contributed by atoms with Crippen LogP contribution in [0, 0.1) is 0 Å². The van der Waals surface area contributed by atoms with E-state index < -0.39 is 0 Å². The zero-order valence-electron chi connectivity index (χ0n) is 11.0. The van der Waals surface area contributed by atoms with Crippen molar-refractivity contribution in [1.82, 2.24) is 10.1 Å². The van der Waals surface area contributed by atoms with Crippen LogP contribution in [0.2, 0.25) is 5.02 Å². The van der Waals surface area contributed by atoms with Crippen molar-refractivity contribution in [3.63, 3.8) is 0 Å². The van der Waals surface area contributed by atoms with E-state index >= 15 is 0 Å². The quantitative estimate of drug-likeness (QED) is 0.870. The highest BCUT2D eigenvalue weighted by molar-refractivity contribution is 6.30. The smallest absolute Gasteiger partial charge is 0.237 e. The van der Waals surface area contributed by atoms with Gasteiger partial charge in [0.15, 0.2) is 5.82 Å². The van der Waals surface area contributed by atoms with Crippen LogP contribution < -0.4 is 0 Å². The normalized spacial score (nSPS) is 23.9. The first-order valence-electron chi connectivity index (χ1n) is 6.96. The number of rotatable bonds is 3. The number of ether oxygens (including phenoxy) is 1. The number of hydrogen-bond donors (Lipinski definition) is 0. The Morgan fingerprint density at radius 1 is 1.20 bits per heavy atom. The van der Waals surface area contributed by atoms with Crippen LogP contribution in [0.4, 0.5) is 0 Å². The Balaban J connectivity index is 1.65. The Morgan fingerprint density at radius 3 is 2.65 bits per heavy atom. The fourth-order valence-electron chi connectivity index (χ4n) is 2.85. The van der Waals surface area contributed by atoms with E-state index in [1.54, 1.807) is 0 Å². The summed E-state index contributed by atoms with van der Waals surface area (Å²) >= 11 is 5.95. The molecular weight excluding hydrogens is 276 g/mol. The third-order valence-electron chi connectivity index (χ3n) is 4.29. The number of nitrogens with zero attached hydrogens (tertiary/aromatic N) is 2. The van der Waals surface area contributed by atoms with Crippen molar-refractivity contribution in [2.24, 2.45) is 0 Å². The van der Waals surface area contributed by atoms with E-state index in [4.69, 9.17) is 20.9 Å². The number of halogens is 1. The topological polar surface area (TPSA) is 48.2 Å². The average Bonchev–Trinajstić information content (AvgIpc) is 2.93. The standard InChI is InChI=1S/C15H15ClN2O2/c16-12-3-1-11(2-4-12)15(6-7-15)14-17-13(18-20-14)10-5-8-19-9-10/h1-4,10H,5-9H2. The maximum Gasteiger partial charge on any atom is 0.237 e. The molecule has 0 spiro atoms. The van der Waals surface area contributed by atoms with Crippen LogP contribution in [0.15, 0.2) is 28.8 Å². The Kier molecular flexibility index (Phi) is 2.82. The van der Waals surface area contributed by atoms with Gasteiger partial charge in [0.1, 0.15) is 0 Å². The summed E-state index contributed by atoms with van der Waals surface area (Å²) < 4.78 is 10.9. The van der Waals surface area contributed by atoms with Gasteiger partial charge in [-0.1, -0.05) is 28.9 Å². The monoisotopic (exact) mass is 290 g/mol. The minimum Gasteiger partial charge on any atom is -0.381 e. The summed E-state index contributed by atoms with van der Waals surface area (Å²) in [6.45, 7) is 1.49. The molecule has 1 aromatic carbocycles. The summed E-state index contributed by atoms with van der Waals surface area (Å²) in [6, 6.07) is 7.94. The fraction of sp³-hybridized carbons (Fsp3) is 0.467. The van der Waals surface area contributed by atoms with E-state index in [0.29, 0.717) is 6.61 Å². The minimum absolute atomic E-state index is 0.0880. The lowest BCUT2D eigenvalue weighted by molar-refractivity contribution is 0.192. The van der Waals surface area contributed by atoms with Gasteiger partial charge in [-0.15, -0.1) is 0 Å². The van der Waals surface area contributed by atoms with E-state index in [1.165, 1.54) is 5.56 Å². The second kappa shape index (κ2) is 4.57. The predicted molar refractivity (Wildman–Crippen MR) is 73.9 cm³/mol. The molecule has 1 saturated heterocycles. The molecule has 1 aromatic heterocycles. The fourth-order valence-corrected chi connectivity index (χ4v) is 2.98. The first kappa shape index (κ1) is 12.4. The molecule has 2 heterocycles. The molecule has 20 heavy (non-hydrogen) atoms. The van der Waals surface area contributed by atoms with Crippen LogP contribution >= 0.6 is 11.6 Å². The Bertz CT molecular complexity index is 613. The first-order valence-corrected chi connectivity index (χ1v) is 7.34. The Hall–Kier alpha value is -1.39. The van der Waals surface area contributed by atoms with Gasteiger partial charge in [0.05, 0.1) is 12.0 Å². The average molecular weight is 291 g/mol. The summed E-state index contributed by atoms with van der Waals surface area (Å²) in [4.78, 5) is 4.63. The van der Waals surface area contributed by atoms with Gasteiger partial charge in [-0.05, 0) is 37.0 Å². The zero-order chi connectivity index (χ0) is 13.6. The summed E-state index contributed by atoms with van der Waals surface area (Å²) in [6.07, 6.45) is 3.09. The van der Waals surface area contributed by atoms with E-state index in [2.05, 4.69) is 22.3 Å². The highest BCUT2D eigenvalue weighted by Crippen LogP contribution is 2.53. The molecule has 0 amide bonds. The van der Waals surface area contributed by atoms with E-state index in [0.717, 1.165) is 42.6 Å². The van der Waals surface area contributed by atoms with Gasteiger partial charge in [0.2, 0.25) is 5.89 Å². The van der Waals surface area contributed by atoms with Gasteiger partial charge < -0.3 is 9.26 Å². The van der Waals surface area contributed by atoms with Crippen LogP contribution in [0.1, 0.15) is 42.5 Å². The van der Waals surface area contributed by atoms with Gasteiger partial charge in [-0.2, -0.15) is 4.98 Å². The summed E-state index contributed by atoms with van der Waals surface area (Å²) in [5.41, 5.74) is 1.12. The lowest BCUT2D eigenvalue weighted by Crippen LogP contribution is -2.09. The van der Waals surface area contributed by atoms with Gasteiger partial charge in [0.25, 0.3) is 0 Å². The first-order chi connectivity index (χ1) is 9.78. The third-order valence-corrected chi connectivity index (χ3v) is 4.54. The molecule has 1 atom stereocenters. The second-order valence-electron chi connectivity index (χ2n) is 5.61. The van der Waals surface area contributed by atoms with E-state index in [-0.39, 0.29) is 11.3 Å². The highest BCUT2D eigenvalue weighted by Gasteiger charge is 2.51. The molecule has 1 aliphatic heterocycles. The van der Waals surface area contributed by atoms with E-state index in [1.807, 2.05) is 12.1 Å². The van der Waals surface area contributed by atoms with Crippen LogP contribution in [0.3, 0.4) is 0 Å². The molecule has 104 valence electrons. The summed E-state index contributed by atoms with van der Waals surface area (Å²) in [5, 5.41) is 4.90. The van der Waals surface area contributed by atoms with Gasteiger partial charge in [-0.25, -0.2) is 0 Å². The van der Waals surface area contributed by atoms with Crippen molar-refractivity contribution in [2.45, 2.75) is 30.6 Å². The molecular formula is C15H15ClN2O2. The van der Waals surface area contributed by atoms with E-state index in [9.17, 15) is 0 Å². The summed E-state index contributed by atoms with van der Waals surface area (Å²) in [7, 11) is 0. The Labute approximate surface area is 122 Å². The van der Waals surface area contributed by atoms with Gasteiger partial charge in [0, 0.05) is 17.5 Å². The molecule has 2 aromatic rings. The molecule has 1 unspecified atom stereocenters. The van der Waals surface area contributed by atoms with Crippen LogP contribution in [0.5, 0.6) is 0 Å². The molecule has 1 aliphatic carbocycles. The number of benzene rings is 1. The molecule has 4 nitrogen and oxygen atoms in total. The van der Waals surface area contributed by atoms with Crippen molar-refractivity contribution in [3.05, 3.63) is 46.6 Å². The van der Waals surface area contributed by atoms with Crippen molar-refractivity contribution in [3.8, 4) is 0 Å². The second-order valence-corrected chi connectivity index (χ2v) is 6.04. The minimum atomic E-state index is -0.0880. The maximum atomic E-state index is 5.95. The molecule has 0 bridgehead atoms. The lowest BCUT2D eigenvalue weighted by atomic mass is 9.96. The van der Waals surface area contributed by atoms with Crippen molar-refractivity contribution >= 4 is 11.6 Å². The van der Waals surface area contributed by atoms with Crippen LogP contribution in [0.25, 0.3) is 0 Å². The van der Waals surface area contributed by atoms with Gasteiger partial charge >= 0.3 is 0 Å². The molecule has 1 saturated carbocycles. The zero-order valence-corrected chi connectivity index (χ0v) is 11.8.